The molecule has 5 nitrogen and oxygen atoms in total. The Morgan fingerprint density at radius 2 is 2.00 bits per heavy atom. The summed E-state index contributed by atoms with van der Waals surface area (Å²) in [5, 5.41) is 13.5. The van der Waals surface area contributed by atoms with Crippen LogP contribution >= 0.6 is 0 Å². The maximum Gasteiger partial charge on any atom is 0.153 e. The number of nitrogens with zero attached hydrogens (tertiary/aromatic N) is 5. The second-order valence-corrected chi connectivity index (χ2v) is 9.61. The molecule has 2 rings (SSSR count). The zero-order chi connectivity index (χ0) is 11.1. The first kappa shape index (κ1) is 10.1. The van der Waals surface area contributed by atoms with Gasteiger partial charge in [0.15, 0.2) is 5.82 Å². The van der Waals surface area contributed by atoms with Crippen LogP contribution in [0.3, 0.4) is 0 Å². The van der Waals surface area contributed by atoms with E-state index in [1.165, 1.54) is 5.32 Å². The largest absolute Gasteiger partial charge is 0.251 e. The van der Waals surface area contributed by atoms with Crippen molar-refractivity contribution in [3.8, 4) is 5.82 Å². The summed E-state index contributed by atoms with van der Waals surface area (Å²) in [7, 11) is 0.500. The summed E-state index contributed by atoms with van der Waals surface area (Å²) in [6, 6.07) is 1.94. The number of rotatable bonds is 2. The number of aryl methyl sites for hydroxylation is 1. The molecule has 0 aliphatic carbocycles. The molecule has 0 aliphatic heterocycles. The van der Waals surface area contributed by atoms with E-state index in [0.717, 1.165) is 5.82 Å². The first-order valence-electron chi connectivity index (χ1n) is 4.90. The van der Waals surface area contributed by atoms with E-state index in [1.807, 2.05) is 24.0 Å². The minimum atomic E-state index is -1.41. The summed E-state index contributed by atoms with van der Waals surface area (Å²) < 4.78 is 3.69. The van der Waals surface area contributed by atoms with E-state index in [1.54, 1.807) is 10.9 Å². The standard InChI is InChI=1S/C9H15N5Si/c1-13-8(5-6-11-13)14-9(7-10-12-14)15(2,3)4/h5-7H,1-4H3. The number of hydrogen-bond donors (Lipinski definition) is 0. The first-order chi connectivity index (χ1) is 7.00. The Morgan fingerprint density at radius 3 is 2.53 bits per heavy atom. The lowest BCUT2D eigenvalue weighted by molar-refractivity contribution is 0.687. The molecule has 0 fully saturated rings. The summed E-state index contributed by atoms with van der Waals surface area (Å²) in [4.78, 5) is 0. The van der Waals surface area contributed by atoms with E-state index >= 15 is 0 Å². The molecule has 0 saturated heterocycles. The van der Waals surface area contributed by atoms with Crippen molar-refractivity contribution in [2.24, 2.45) is 7.05 Å². The van der Waals surface area contributed by atoms with Crippen LogP contribution in [-0.2, 0) is 7.05 Å². The minimum absolute atomic E-state index is 0.963. The van der Waals surface area contributed by atoms with Gasteiger partial charge in [0.25, 0.3) is 0 Å². The van der Waals surface area contributed by atoms with Gasteiger partial charge in [-0.3, -0.25) is 4.68 Å². The summed E-state index contributed by atoms with van der Waals surface area (Å²) in [5.41, 5.74) is 0. The van der Waals surface area contributed by atoms with E-state index in [0.29, 0.717) is 0 Å². The molecule has 0 bridgehead atoms. The molecule has 2 aromatic rings. The Kier molecular flexibility index (Phi) is 2.22. The molecule has 0 atom stereocenters. The summed E-state index contributed by atoms with van der Waals surface area (Å²) in [6.45, 7) is 6.83. The van der Waals surface area contributed by atoms with Crippen molar-refractivity contribution in [1.29, 1.82) is 0 Å². The molecular weight excluding hydrogens is 206 g/mol. The van der Waals surface area contributed by atoms with Crippen LogP contribution in [0, 0.1) is 0 Å². The van der Waals surface area contributed by atoms with Gasteiger partial charge in [-0.1, -0.05) is 24.9 Å². The highest BCUT2D eigenvalue weighted by Crippen LogP contribution is 2.06. The van der Waals surface area contributed by atoms with Crippen molar-refractivity contribution in [2.75, 3.05) is 0 Å². The topological polar surface area (TPSA) is 48.5 Å². The molecule has 2 heterocycles. The number of aromatic nitrogens is 5. The van der Waals surface area contributed by atoms with Crippen LogP contribution in [0.25, 0.3) is 5.82 Å². The normalized spacial score (nSPS) is 12.0. The second-order valence-electron chi connectivity index (χ2n) is 4.59. The molecule has 0 aliphatic rings. The maximum absolute atomic E-state index is 4.14. The fourth-order valence-corrected chi connectivity index (χ4v) is 2.73. The maximum atomic E-state index is 4.14. The van der Waals surface area contributed by atoms with E-state index in [4.69, 9.17) is 0 Å². The van der Waals surface area contributed by atoms with Gasteiger partial charge in [0.05, 0.1) is 12.4 Å². The third kappa shape index (κ3) is 1.72. The minimum Gasteiger partial charge on any atom is -0.251 e. The molecule has 0 spiro atoms. The third-order valence-electron chi connectivity index (χ3n) is 2.33. The molecule has 0 radical (unpaired) electrons. The van der Waals surface area contributed by atoms with E-state index in [2.05, 4.69) is 35.1 Å². The van der Waals surface area contributed by atoms with Crippen molar-refractivity contribution >= 4 is 13.4 Å². The monoisotopic (exact) mass is 221 g/mol. The average Bonchev–Trinajstić information content (AvgIpc) is 2.69. The Bertz CT molecular complexity index is 465. The highest BCUT2D eigenvalue weighted by atomic mass is 28.3. The lowest BCUT2D eigenvalue weighted by atomic mass is 10.6. The van der Waals surface area contributed by atoms with Crippen molar-refractivity contribution in [3.63, 3.8) is 0 Å². The van der Waals surface area contributed by atoms with Gasteiger partial charge in [-0.05, 0) is 0 Å². The molecule has 6 heteroatoms. The molecule has 0 unspecified atom stereocenters. The molecular formula is C9H15N5Si. The second kappa shape index (κ2) is 3.30. The number of hydrogen-bond acceptors (Lipinski definition) is 3. The molecule has 0 aromatic carbocycles. The van der Waals surface area contributed by atoms with Crippen LogP contribution in [-0.4, -0.2) is 32.8 Å². The van der Waals surface area contributed by atoms with Crippen molar-refractivity contribution in [3.05, 3.63) is 18.5 Å². The van der Waals surface area contributed by atoms with Gasteiger partial charge in [0, 0.05) is 18.4 Å². The van der Waals surface area contributed by atoms with Gasteiger partial charge in [-0.2, -0.15) is 5.10 Å². The van der Waals surface area contributed by atoms with Gasteiger partial charge in [0.2, 0.25) is 0 Å². The Morgan fingerprint density at radius 1 is 1.27 bits per heavy atom. The van der Waals surface area contributed by atoms with Crippen LogP contribution in [0.5, 0.6) is 0 Å². The summed E-state index contributed by atoms with van der Waals surface area (Å²) >= 11 is 0. The van der Waals surface area contributed by atoms with Crippen LogP contribution in [0.2, 0.25) is 19.6 Å². The highest BCUT2D eigenvalue weighted by molar-refractivity contribution is 6.88. The van der Waals surface area contributed by atoms with E-state index in [9.17, 15) is 0 Å². The third-order valence-corrected chi connectivity index (χ3v) is 4.21. The first-order valence-corrected chi connectivity index (χ1v) is 8.40. The van der Waals surface area contributed by atoms with Gasteiger partial charge in [0.1, 0.15) is 8.07 Å². The Labute approximate surface area is 89.7 Å². The van der Waals surface area contributed by atoms with Gasteiger partial charge in [-0.15, -0.1) is 5.10 Å². The average molecular weight is 221 g/mol. The van der Waals surface area contributed by atoms with Crippen molar-refractivity contribution < 1.29 is 0 Å². The van der Waals surface area contributed by atoms with Crippen LogP contribution in [0.1, 0.15) is 0 Å². The van der Waals surface area contributed by atoms with Crippen molar-refractivity contribution in [2.45, 2.75) is 19.6 Å². The van der Waals surface area contributed by atoms with Gasteiger partial charge < -0.3 is 0 Å². The molecule has 15 heavy (non-hydrogen) atoms. The summed E-state index contributed by atoms with van der Waals surface area (Å²) in [5.74, 6) is 0.963. The van der Waals surface area contributed by atoms with E-state index < -0.39 is 8.07 Å². The fraction of sp³-hybridized carbons (Fsp3) is 0.444. The Balaban J connectivity index is 2.56. The van der Waals surface area contributed by atoms with Crippen LogP contribution < -0.4 is 5.32 Å². The quantitative estimate of drug-likeness (QED) is 0.696. The SMILES string of the molecule is Cn1nccc1-n1nncc1[Si](C)(C)C. The van der Waals surface area contributed by atoms with Crippen LogP contribution in [0.4, 0.5) is 0 Å². The molecule has 80 valence electrons. The van der Waals surface area contributed by atoms with Gasteiger partial charge >= 0.3 is 0 Å². The predicted octanol–water partition coefficient (Wildman–Crippen LogP) is 0.546. The zero-order valence-corrected chi connectivity index (χ0v) is 10.5. The van der Waals surface area contributed by atoms with Crippen molar-refractivity contribution in [1.82, 2.24) is 24.8 Å². The highest BCUT2D eigenvalue weighted by Gasteiger charge is 2.23. The smallest absolute Gasteiger partial charge is 0.153 e. The molecule has 0 N–H and O–H groups in total. The van der Waals surface area contributed by atoms with Gasteiger partial charge in [-0.25, -0.2) is 4.68 Å². The lowest BCUT2D eigenvalue weighted by Crippen LogP contribution is -2.43. The fourth-order valence-electron chi connectivity index (χ4n) is 1.49. The Hall–Kier alpha value is -1.43. The molecule has 2 aromatic heterocycles. The molecule has 0 amide bonds. The molecule has 0 saturated carbocycles. The predicted molar refractivity (Wildman–Crippen MR) is 61.1 cm³/mol. The van der Waals surface area contributed by atoms with E-state index in [-0.39, 0.29) is 0 Å². The zero-order valence-electron chi connectivity index (χ0n) is 9.47. The van der Waals surface area contributed by atoms with Crippen LogP contribution in [0.15, 0.2) is 18.5 Å². The lowest BCUT2D eigenvalue weighted by Gasteiger charge is -2.16. The summed E-state index contributed by atoms with van der Waals surface area (Å²) in [6.07, 6.45) is 3.63.